The summed E-state index contributed by atoms with van der Waals surface area (Å²) in [6.07, 6.45) is 0. The molecular formula is C40H27NS. The SMILES string of the molecule is c1ccc(-c2cccc3cccc(-c4ccccc4N(c4ccccc4)c4cccc5sc6ccccc6c45)c23)cc1. The predicted molar refractivity (Wildman–Crippen MR) is 182 cm³/mol. The van der Waals surface area contributed by atoms with E-state index in [0.29, 0.717) is 0 Å². The van der Waals surface area contributed by atoms with Gasteiger partial charge in [0, 0.05) is 31.4 Å². The summed E-state index contributed by atoms with van der Waals surface area (Å²) < 4.78 is 2.60. The average Bonchev–Trinajstić information content (AvgIpc) is 3.45. The third-order valence-electron chi connectivity index (χ3n) is 8.06. The Labute approximate surface area is 249 Å². The summed E-state index contributed by atoms with van der Waals surface area (Å²) in [5.74, 6) is 0. The van der Waals surface area contributed by atoms with Gasteiger partial charge in [-0.05, 0) is 63.9 Å². The molecule has 0 saturated heterocycles. The Bertz CT molecular complexity index is 2190. The zero-order chi connectivity index (χ0) is 27.9. The summed E-state index contributed by atoms with van der Waals surface area (Å²) in [5, 5.41) is 5.09. The minimum atomic E-state index is 1.14. The van der Waals surface area contributed by atoms with Crippen LogP contribution in [0.3, 0.4) is 0 Å². The summed E-state index contributed by atoms with van der Waals surface area (Å²) in [6, 6.07) is 59.1. The first kappa shape index (κ1) is 24.6. The molecule has 0 aliphatic carbocycles. The van der Waals surface area contributed by atoms with Crippen LogP contribution in [0.1, 0.15) is 0 Å². The van der Waals surface area contributed by atoms with Gasteiger partial charge in [0.2, 0.25) is 0 Å². The Morgan fingerprint density at radius 2 is 0.976 bits per heavy atom. The lowest BCUT2D eigenvalue weighted by Gasteiger charge is -2.29. The zero-order valence-corrected chi connectivity index (χ0v) is 23.8. The van der Waals surface area contributed by atoms with Gasteiger partial charge in [0.05, 0.1) is 11.4 Å². The average molecular weight is 554 g/mol. The molecule has 0 radical (unpaired) electrons. The van der Waals surface area contributed by atoms with Crippen LogP contribution in [-0.2, 0) is 0 Å². The van der Waals surface area contributed by atoms with Crippen molar-refractivity contribution in [2.75, 3.05) is 4.90 Å². The van der Waals surface area contributed by atoms with Crippen LogP contribution in [0.2, 0.25) is 0 Å². The predicted octanol–water partition coefficient (Wildman–Crippen LogP) is 12.0. The minimum absolute atomic E-state index is 1.14. The molecule has 0 atom stereocenters. The third kappa shape index (κ3) is 4.08. The van der Waals surface area contributed by atoms with Crippen molar-refractivity contribution in [2.24, 2.45) is 0 Å². The van der Waals surface area contributed by atoms with Gasteiger partial charge in [-0.1, -0.05) is 127 Å². The quantitative estimate of drug-likeness (QED) is 0.205. The van der Waals surface area contributed by atoms with E-state index in [9.17, 15) is 0 Å². The molecule has 0 bridgehead atoms. The molecule has 1 aromatic heterocycles. The molecule has 198 valence electrons. The topological polar surface area (TPSA) is 3.24 Å². The van der Waals surface area contributed by atoms with Gasteiger partial charge in [-0.2, -0.15) is 0 Å². The van der Waals surface area contributed by atoms with Gasteiger partial charge in [-0.25, -0.2) is 0 Å². The van der Waals surface area contributed by atoms with Gasteiger partial charge in [-0.15, -0.1) is 11.3 Å². The highest BCUT2D eigenvalue weighted by atomic mass is 32.1. The minimum Gasteiger partial charge on any atom is -0.309 e. The second-order valence-corrected chi connectivity index (χ2v) is 11.6. The van der Waals surface area contributed by atoms with E-state index in [1.807, 2.05) is 11.3 Å². The first-order valence-electron chi connectivity index (χ1n) is 14.3. The number of nitrogens with zero attached hydrogens (tertiary/aromatic N) is 1. The van der Waals surface area contributed by atoms with E-state index in [-0.39, 0.29) is 0 Å². The number of rotatable bonds is 5. The number of hydrogen-bond donors (Lipinski definition) is 0. The van der Waals surface area contributed by atoms with Crippen LogP contribution < -0.4 is 4.90 Å². The number of anilines is 3. The molecule has 0 spiro atoms. The van der Waals surface area contributed by atoms with Gasteiger partial charge in [0.1, 0.15) is 0 Å². The van der Waals surface area contributed by atoms with Crippen molar-refractivity contribution in [1.82, 2.24) is 0 Å². The molecule has 0 unspecified atom stereocenters. The smallest absolute Gasteiger partial charge is 0.0555 e. The summed E-state index contributed by atoms with van der Waals surface area (Å²) in [5.41, 5.74) is 8.38. The highest BCUT2D eigenvalue weighted by Crippen LogP contribution is 2.48. The van der Waals surface area contributed by atoms with Crippen LogP contribution in [0.25, 0.3) is 53.2 Å². The lowest BCUT2D eigenvalue weighted by atomic mass is 9.90. The summed E-state index contributed by atoms with van der Waals surface area (Å²) >= 11 is 1.86. The lowest BCUT2D eigenvalue weighted by Crippen LogP contribution is -2.11. The third-order valence-corrected chi connectivity index (χ3v) is 9.20. The molecule has 0 amide bonds. The van der Waals surface area contributed by atoms with E-state index in [0.717, 1.165) is 11.4 Å². The van der Waals surface area contributed by atoms with E-state index < -0.39 is 0 Å². The molecule has 42 heavy (non-hydrogen) atoms. The van der Waals surface area contributed by atoms with E-state index in [1.54, 1.807) is 0 Å². The second-order valence-electron chi connectivity index (χ2n) is 10.5. The molecule has 1 heterocycles. The molecule has 1 nitrogen and oxygen atoms in total. The highest BCUT2D eigenvalue weighted by molar-refractivity contribution is 7.26. The van der Waals surface area contributed by atoms with Crippen LogP contribution in [-0.4, -0.2) is 0 Å². The van der Waals surface area contributed by atoms with Crippen molar-refractivity contribution < 1.29 is 0 Å². The van der Waals surface area contributed by atoms with Gasteiger partial charge in [0.25, 0.3) is 0 Å². The Morgan fingerprint density at radius 3 is 1.81 bits per heavy atom. The molecule has 8 rings (SSSR count). The van der Waals surface area contributed by atoms with Crippen LogP contribution >= 0.6 is 11.3 Å². The van der Waals surface area contributed by atoms with Crippen molar-refractivity contribution in [3.05, 3.63) is 164 Å². The van der Waals surface area contributed by atoms with Crippen molar-refractivity contribution in [3.63, 3.8) is 0 Å². The number of para-hydroxylation sites is 2. The molecule has 0 saturated carbocycles. The Morgan fingerprint density at radius 1 is 0.381 bits per heavy atom. The van der Waals surface area contributed by atoms with Crippen LogP contribution in [0.5, 0.6) is 0 Å². The van der Waals surface area contributed by atoms with E-state index >= 15 is 0 Å². The maximum absolute atomic E-state index is 2.45. The van der Waals surface area contributed by atoms with E-state index in [1.165, 1.54) is 58.9 Å². The Balaban J connectivity index is 1.44. The lowest BCUT2D eigenvalue weighted by molar-refractivity contribution is 1.30. The number of hydrogen-bond acceptors (Lipinski definition) is 2. The summed E-state index contributed by atoms with van der Waals surface area (Å²) in [6.45, 7) is 0. The molecule has 7 aromatic carbocycles. The largest absolute Gasteiger partial charge is 0.309 e. The van der Waals surface area contributed by atoms with Crippen LogP contribution in [0.4, 0.5) is 17.1 Å². The number of benzene rings is 7. The monoisotopic (exact) mass is 553 g/mol. The van der Waals surface area contributed by atoms with Gasteiger partial charge >= 0.3 is 0 Å². The van der Waals surface area contributed by atoms with Gasteiger partial charge < -0.3 is 4.90 Å². The van der Waals surface area contributed by atoms with Crippen molar-refractivity contribution in [2.45, 2.75) is 0 Å². The first-order chi connectivity index (χ1) is 20.9. The van der Waals surface area contributed by atoms with Gasteiger partial charge in [-0.3, -0.25) is 0 Å². The molecular weight excluding hydrogens is 527 g/mol. The molecule has 0 aliphatic heterocycles. The molecule has 0 aliphatic rings. The highest BCUT2D eigenvalue weighted by Gasteiger charge is 2.22. The first-order valence-corrected chi connectivity index (χ1v) is 15.1. The summed E-state index contributed by atoms with van der Waals surface area (Å²) in [4.78, 5) is 2.45. The van der Waals surface area contributed by atoms with Crippen molar-refractivity contribution in [3.8, 4) is 22.3 Å². The van der Waals surface area contributed by atoms with Crippen molar-refractivity contribution >= 4 is 59.3 Å². The maximum Gasteiger partial charge on any atom is 0.0555 e. The molecule has 0 fully saturated rings. The summed E-state index contributed by atoms with van der Waals surface area (Å²) in [7, 11) is 0. The second kappa shape index (κ2) is 10.3. The fourth-order valence-electron chi connectivity index (χ4n) is 6.25. The fourth-order valence-corrected chi connectivity index (χ4v) is 7.37. The molecule has 0 N–H and O–H groups in total. The number of fused-ring (bicyclic) bond motifs is 4. The van der Waals surface area contributed by atoms with Crippen LogP contribution in [0, 0.1) is 0 Å². The Kier molecular flexibility index (Phi) is 6.05. The Hall–Kier alpha value is -5.18. The molecule has 2 heteroatoms. The normalized spacial score (nSPS) is 11.3. The van der Waals surface area contributed by atoms with Gasteiger partial charge in [0.15, 0.2) is 0 Å². The van der Waals surface area contributed by atoms with Crippen LogP contribution in [0.15, 0.2) is 164 Å². The van der Waals surface area contributed by atoms with E-state index in [4.69, 9.17) is 0 Å². The standard InChI is InChI=1S/C40H27NS/c1-3-14-28(15-4-1)31-22-11-16-29-17-12-23-33(39(29)31)32-20-7-9-24-35(32)41(30-18-5-2-6-19-30)36-25-13-27-38-40(36)34-21-8-10-26-37(34)42-38/h1-27H. The number of thiophene rings is 1. The maximum atomic E-state index is 2.45. The molecule has 8 aromatic rings. The zero-order valence-electron chi connectivity index (χ0n) is 22.9. The van der Waals surface area contributed by atoms with Crippen molar-refractivity contribution in [1.29, 1.82) is 0 Å². The fraction of sp³-hybridized carbons (Fsp3) is 0. The van der Waals surface area contributed by atoms with E-state index in [2.05, 4.69) is 169 Å².